The maximum absolute atomic E-state index is 12.2. The lowest BCUT2D eigenvalue weighted by Gasteiger charge is -2.12. The molecular formula is C20H25N3O4S. The number of hydrazine groups is 1. The van der Waals surface area contributed by atoms with Gasteiger partial charge in [-0.2, -0.15) is 0 Å². The minimum atomic E-state index is -3.63. The summed E-state index contributed by atoms with van der Waals surface area (Å²) in [5, 5.41) is 0. The fraction of sp³-hybridized carbons (Fsp3) is 0.300. The molecule has 2 rings (SSSR count). The molecule has 0 aliphatic carbocycles. The number of rotatable bonds is 7. The first-order valence-electron chi connectivity index (χ1n) is 9.08. The number of carbonyl (C=O) groups excluding carboxylic acids is 2. The second kappa shape index (κ2) is 9.48. The fourth-order valence-corrected chi connectivity index (χ4v) is 3.68. The van der Waals surface area contributed by atoms with Crippen molar-refractivity contribution in [2.75, 3.05) is 0 Å². The molecule has 0 aromatic heterocycles. The van der Waals surface area contributed by atoms with Gasteiger partial charge in [0.15, 0.2) is 0 Å². The van der Waals surface area contributed by atoms with Crippen molar-refractivity contribution < 1.29 is 18.0 Å². The Morgan fingerprint density at radius 1 is 0.857 bits per heavy atom. The first-order chi connectivity index (χ1) is 13.3. The number of hydrogen-bond acceptors (Lipinski definition) is 4. The molecule has 0 fully saturated rings. The van der Waals surface area contributed by atoms with Gasteiger partial charge in [-0.05, 0) is 61.7 Å². The van der Waals surface area contributed by atoms with Gasteiger partial charge in [0.05, 0.1) is 4.90 Å². The molecule has 8 heteroatoms. The van der Waals surface area contributed by atoms with Crippen molar-refractivity contribution in [2.24, 2.45) is 0 Å². The number of amides is 2. The van der Waals surface area contributed by atoms with Crippen molar-refractivity contribution >= 4 is 21.8 Å². The fourth-order valence-electron chi connectivity index (χ4n) is 2.35. The molecule has 0 heterocycles. The molecule has 2 amide bonds. The Kier molecular flexibility index (Phi) is 7.31. The number of benzene rings is 2. The van der Waals surface area contributed by atoms with Crippen LogP contribution in [0.3, 0.4) is 0 Å². The van der Waals surface area contributed by atoms with Crippen LogP contribution in [0.1, 0.15) is 53.5 Å². The zero-order valence-electron chi connectivity index (χ0n) is 16.2. The first-order valence-corrected chi connectivity index (χ1v) is 10.6. The lowest BCUT2D eigenvalue weighted by molar-refractivity contribution is 0.0846. The van der Waals surface area contributed by atoms with E-state index >= 15 is 0 Å². The normalized spacial score (nSPS) is 12.2. The minimum absolute atomic E-state index is 0.0735. The van der Waals surface area contributed by atoms with Gasteiger partial charge in [0.25, 0.3) is 11.8 Å². The molecule has 0 spiro atoms. The van der Waals surface area contributed by atoms with Gasteiger partial charge in [0.1, 0.15) is 0 Å². The summed E-state index contributed by atoms with van der Waals surface area (Å²) in [6.07, 6.45) is 1.54. The van der Waals surface area contributed by atoms with E-state index in [0.717, 1.165) is 12.0 Å². The third kappa shape index (κ3) is 5.64. The molecule has 0 bridgehead atoms. The number of hydrogen-bond donors (Lipinski definition) is 3. The quantitative estimate of drug-likeness (QED) is 0.618. The average molecular weight is 404 g/mol. The summed E-state index contributed by atoms with van der Waals surface area (Å²) in [7, 11) is -3.63. The lowest BCUT2D eigenvalue weighted by atomic mass is 10.1. The number of nitrogens with one attached hydrogen (secondary N) is 3. The number of sulfonamides is 1. The molecule has 7 nitrogen and oxygen atoms in total. The van der Waals surface area contributed by atoms with Gasteiger partial charge in [-0.1, -0.05) is 26.0 Å². The van der Waals surface area contributed by atoms with Gasteiger partial charge >= 0.3 is 0 Å². The van der Waals surface area contributed by atoms with Crippen molar-refractivity contribution in [1.82, 2.24) is 15.6 Å². The summed E-state index contributed by atoms with van der Waals surface area (Å²) in [6.45, 7) is 5.68. The third-order valence-electron chi connectivity index (χ3n) is 4.31. The Morgan fingerprint density at radius 2 is 1.32 bits per heavy atom. The zero-order valence-corrected chi connectivity index (χ0v) is 17.0. The van der Waals surface area contributed by atoms with Gasteiger partial charge in [0.2, 0.25) is 10.0 Å². The molecular weight excluding hydrogens is 378 g/mol. The highest BCUT2D eigenvalue weighted by Crippen LogP contribution is 2.12. The van der Waals surface area contributed by atoms with Gasteiger partial charge < -0.3 is 0 Å². The van der Waals surface area contributed by atoms with Gasteiger partial charge in [-0.15, -0.1) is 0 Å². The van der Waals surface area contributed by atoms with Crippen molar-refractivity contribution in [1.29, 1.82) is 0 Å². The van der Waals surface area contributed by atoms with Crippen LogP contribution >= 0.6 is 0 Å². The average Bonchev–Trinajstić information content (AvgIpc) is 2.71. The molecule has 28 heavy (non-hydrogen) atoms. The number of carbonyl (C=O) groups is 2. The molecule has 0 unspecified atom stereocenters. The van der Waals surface area contributed by atoms with Gasteiger partial charge in [-0.25, -0.2) is 13.1 Å². The smallest absolute Gasteiger partial charge is 0.267 e. The van der Waals surface area contributed by atoms with Crippen molar-refractivity contribution in [3.05, 3.63) is 65.2 Å². The van der Waals surface area contributed by atoms with Crippen molar-refractivity contribution in [3.8, 4) is 0 Å². The molecule has 0 radical (unpaired) electrons. The van der Waals surface area contributed by atoms with E-state index in [1.165, 1.54) is 24.3 Å². The van der Waals surface area contributed by atoms with E-state index in [9.17, 15) is 18.0 Å². The van der Waals surface area contributed by atoms with Crippen molar-refractivity contribution in [2.45, 2.75) is 44.6 Å². The van der Waals surface area contributed by atoms with Gasteiger partial charge in [-0.3, -0.25) is 20.4 Å². The van der Waals surface area contributed by atoms with Crippen LogP contribution in [-0.4, -0.2) is 26.3 Å². The van der Waals surface area contributed by atoms with Crippen LogP contribution in [0.5, 0.6) is 0 Å². The van der Waals surface area contributed by atoms with E-state index in [2.05, 4.69) is 15.6 Å². The highest BCUT2D eigenvalue weighted by Gasteiger charge is 2.17. The van der Waals surface area contributed by atoms with E-state index in [1.54, 1.807) is 19.1 Å². The van der Waals surface area contributed by atoms with Crippen LogP contribution < -0.4 is 15.6 Å². The molecule has 2 aromatic rings. The Balaban J connectivity index is 1.98. The topological polar surface area (TPSA) is 104 Å². The monoisotopic (exact) mass is 403 g/mol. The van der Waals surface area contributed by atoms with E-state index in [0.29, 0.717) is 12.0 Å². The lowest BCUT2D eigenvalue weighted by Crippen LogP contribution is -2.41. The molecule has 150 valence electrons. The summed E-state index contributed by atoms with van der Waals surface area (Å²) in [5.41, 5.74) is 6.43. The highest BCUT2D eigenvalue weighted by molar-refractivity contribution is 7.89. The summed E-state index contributed by atoms with van der Waals surface area (Å²) >= 11 is 0. The molecule has 3 N–H and O–H groups in total. The van der Waals surface area contributed by atoms with Crippen LogP contribution in [-0.2, 0) is 16.4 Å². The zero-order chi connectivity index (χ0) is 20.7. The molecule has 0 saturated carbocycles. The summed E-state index contributed by atoms with van der Waals surface area (Å²) in [5.74, 6) is -0.981. The SMILES string of the molecule is CCc1ccc(C(=O)NNC(=O)c2ccc(S(=O)(=O)N[C@@H](C)CC)cc2)cc1. The summed E-state index contributed by atoms with van der Waals surface area (Å²) < 4.78 is 27.0. The van der Waals surface area contributed by atoms with E-state index in [4.69, 9.17) is 0 Å². The third-order valence-corrected chi connectivity index (χ3v) is 5.91. The molecule has 0 saturated heterocycles. The largest absolute Gasteiger partial charge is 0.269 e. The van der Waals surface area contributed by atoms with Crippen LogP contribution in [0.4, 0.5) is 0 Å². The molecule has 1 atom stereocenters. The second-order valence-corrected chi connectivity index (χ2v) is 8.13. The minimum Gasteiger partial charge on any atom is -0.267 e. The van der Waals surface area contributed by atoms with E-state index in [1.807, 2.05) is 26.0 Å². The Morgan fingerprint density at radius 3 is 1.75 bits per heavy atom. The molecule has 0 aliphatic rings. The standard InChI is InChI=1S/C20H25N3O4S/c1-4-14(3)23-28(26,27)18-12-10-17(11-13-18)20(25)22-21-19(24)16-8-6-15(5-2)7-9-16/h6-14,23H,4-5H2,1-3H3,(H,21,24)(H,22,25)/t14-/m0/s1. The predicted octanol–water partition coefficient (Wildman–Crippen LogP) is 2.40. The van der Waals surface area contributed by atoms with Crippen LogP contribution in [0, 0.1) is 0 Å². The van der Waals surface area contributed by atoms with E-state index < -0.39 is 21.8 Å². The predicted molar refractivity (Wildman–Crippen MR) is 107 cm³/mol. The Labute approximate surface area is 165 Å². The highest BCUT2D eigenvalue weighted by atomic mass is 32.2. The summed E-state index contributed by atoms with van der Waals surface area (Å²) in [4.78, 5) is 24.3. The van der Waals surface area contributed by atoms with Crippen LogP contribution in [0.25, 0.3) is 0 Å². The van der Waals surface area contributed by atoms with Crippen molar-refractivity contribution in [3.63, 3.8) is 0 Å². The Bertz CT molecular complexity index is 923. The van der Waals surface area contributed by atoms with Gasteiger partial charge in [0, 0.05) is 17.2 Å². The van der Waals surface area contributed by atoms with Crippen LogP contribution in [0.2, 0.25) is 0 Å². The second-order valence-electron chi connectivity index (χ2n) is 6.41. The van der Waals surface area contributed by atoms with Crippen LogP contribution in [0.15, 0.2) is 53.4 Å². The molecule has 2 aromatic carbocycles. The van der Waals surface area contributed by atoms with E-state index in [-0.39, 0.29) is 16.5 Å². The summed E-state index contributed by atoms with van der Waals surface area (Å²) in [6, 6.07) is 12.4. The maximum Gasteiger partial charge on any atom is 0.269 e. The molecule has 0 aliphatic heterocycles. The number of aryl methyl sites for hydroxylation is 1. The Hall–Kier alpha value is -2.71. The maximum atomic E-state index is 12.2. The first kappa shape index (κ1) is 21.6.